The summed E-state index contributed by atoms with van der Waals surface area (Å²) in [5.74, 6) is 0. The predicted molar refractivity (Wildman–Crippen MR) is 98.1 cm³/mol. The van der Waals surface area contributed by atoms with Crippen LogP contribution in [-0.4, -0.2) is 8.07 Å². The molecule has 0 bridgehead atoms. The lowest BCUT2D eigenvalue weighted by Gasteiger charge is -2.45. The molecule has 0 spiro atoms. The summed E-state index contributed by atoms with van der Waals surface area (Å²) in [6, 6.07) is 0. The average Bonchev–Trinajstić information content (AvgIpc) is 2.88. The minimum Gasteiger partial charge on any atom is -0.0776 e. The normalized spacial score (nSPS) is 20.1. The number of hydrogen-bond donors (Lipinski definition) is 0. The van der Waals surface area contributed by atoms with E-state index in [4.69, 9.17) is 0 Å². The molecule has 21 heavy (non-hydrogen) atoms. The van der Waals surface area contributed by atoms with E-state index in [-0.39, 0.29) is 0 Å². The van der Waals surface area contributed by atoms with Gasteiger partial charge in [-0.25, -0.2) is 0 Å². The Kier molecular flexibility index (Phi) is 4.54. The molecule has 0 amide bonds. The Hall–Kier alpha value is -0.823. The molecule has 0 N–H and O–H groups in total. The van der Waals surface area contributed by atoms with Gasteiger partial charge >= 0.3 is 0 Å². The lowest BCUT2D eigenvalue weighted by molar-refractivity contribution is 0.904. The van der Waals surface area contributed by atoms with Crippen molar-refractivity contribution in [3.8, 4) is 0 Å². The molecule has 0 atom stereocenters. The lowest BCUT2D eigenvalue weighted by Crippen LogP contribution is -2.47. The van der Waals surface area contributed by atoms with Crippen molar-refractivity contribution < 1.29 is 0 Å². The topological polar surface area (TPSA) is 0 Å². The van der Waals surface area contributed by atoms with Crippen LogP contribution in [0.25, 0.3) is 0 Å². The predicted octanol–water partition coefficient (Wildman–Crippen LogP) is 6.67. The Bertz CT molecular complexity index is 513. The van der Waals surface area contributed by atoms with E-state index in [1.807, 2.05) is 0 Å². The van der Waals surface area contributed by atoms with Crippen LogP contribution in [0.5, 0.6) is 0 Å². The Morgan fingerprint density at radius 3 is 1.24 bits per heavy atom. The monoisotopic (exact) mass is 300 g/mol. The fraction of sp³-hybridized carbons (Fsp3) is 0.600. The quantitative estimate of drug-likeness (QED) is 0.509. The largest absolute Gasteiger partial charge is 0.123 e. The summed E-state index contributed by atoms with van der Waals surface area (Å²) in [7, 11) is -1.71. The van der Waals surface area contributed by atoms with Gasteiger partial charge in [0.05, 0.1) is 0 Å². The first-order valence-electron chi connectivity index (χ1n) is 8.49. The van der Waals surface area contributed by atoms with E-state index in [9.17, 15) is 0 Å². The van der Waals surface area contributed by atoms with Gasteiger partial charge in [0.25, 0.3) is 0 Å². The van der Waals surface area contributed by atoms with Crippen LogP contribution in [0.4, 0.5) is 0 Å². The smallest absolute Gasteiger partial charge is 0.0776 e. The Morgan fingerprint density at radius 2 is 1.05 bits per heavy atom. The number of rotatable bonds is 4. The van der Waals surface area contributed by atoms with Crippen LogP contribution in [0.2, 0.25) is 11.1 Å². The van der Waals surface area contributed by atoms with Crippen molar-refractivity contribution in [1.29, 1.82) is 0 Å². The third kappa shape index (κ3) is 2.34. The summed E-state index contributed by atoms with van der Waals surface area (Å²) in [5.41, 5.74) is 7.91. The van der Waals surface area contributed by atoms with Crippen LogP contribution < -0.4 is 0 Å². The third-order valence-corrected chi connectivity index (χ3v) is 12.7. The van der Waals surface area contributed by atoms with Gasteiger partial charge in [-0.2, -0.15) is 0 Å². The molecule has 0 radical (unpaired) electrons. The molecule has 0 aromatic rings. The highest BCUT2D eigenvalue weighted by atomic mass is 28.3. The van der Waals surface area contributed by atoms with Crippen molar-refractivity contribution in [2.45, 2.75) is 79.3 Å². The van der Waals surface area contributed by atoms with Gasteiger partial charge in [0.15, 0.2) is 0 Å². The summed E-state index contributed by atoms with van der Waals surface area (Å²) in [6.45, 7) is 19.4. The van der Waals surface area contributed by atoms with Gasteiger partial charge in [0, 0.05) is 0 Å². The van der Waals surface area contributed by atoms with Gasteiger partial charge in [0.1, 0.15) is 8.07 Å². The highest BCUT2D eigenvalue weighted by molar-refractivity contribution is 6.96. The maximum atomic E-state index is 2.48. The number of allylic oxidation sites excluding steroid dienone is 8. The van der Waals surface area contributed by atoms with Gasteiger partial charge < -0.3 is 0 Å². The molecule has 116 valence electrons. The van der Waals surface area contributed by atoms with Gasteiger partial charge in [-0.3, -0.25) is 0 Å². The zero-order valence-corrected chi connectivity index (χ0v) is 16.2. The summed E-state index contributed by atoms with van der Waals surface area (Å²) >= 11 is 0. The zero-order valence-electron chi connectivity index (χ0n) is 15.2. The maximum Gasteiger partial charge on any atom is 0.123 e. The first kappa shape index (κ1) is 16.5. The molecule has 0 aromatic carbocycles. The molecule has 0 unspecified atom stereocenters. The van der Waals surface area contributed by atoms with Gasteiger partial charge in [-0.05, 0) is 51.6 Å². The summed E-state index contributed by atoms with van der Waals surface area (Å²) in [6.07, 6.45) is 7.26. The van der Waals surface area contributed by atoms with E-state index < -0.39 is 8.07 Å². The fourth-order valence-corrected chi connectivity index (χ4v) is 12.0. The standard InChI is InChI=1S/C20H32Si/c1-13(2)21(14(3)4,19-15(5)9-10-16(19)6)20-17(7)11-12-18(20)8/h9,11,13-14H,10,12H2,1-8H3. The van der Waals surface area contributed by atoms with E-state index in [1.54, 1.807) is 32.7 Å². The fourth-order valence-electron chi connectivity index (χ4n) is 5.00. The van der Waals surface area contributed by atoms with Crippen molar-refractivity contribution in [1.82, 2.24) is 0 Å². The summed E-state index contributed by atoms with van der Waals surface area (Å²) in [4.78, 5) is 0. The average molecular weight is 301 g/mol. The molecule has 0 saturated carbocycles. The highest BCUT2D eigenvalue weighted by Crippen LogP contribution is 2.53. The molecule has 2 rings (SSSR count). The van der Waals surface area contributed by atoms with E-state index in [0.29, 0.717) is 0 Å². The Balaban J connectivity index is 2.79. The van der Waals surface area contributed by atoms with Gasteiger partial charge in [-0.15, -0.1) is 0 Å². The molecule has 0 aromatic heterocycles. The molecule has 0 fully saturated rings. The van der Waals surface area contributed by atoms with Crippen LogP contribution >= 0.6 is 0 Å². The third-order valence-electron chi connectivity index (χ3n) is 5.72. The van der Waals surface area contributed by atoms with Gasteiger partial charge in [0.2, 0.25) is 0 Å². The van der Waals surface area contributed by atoms with Crippen LogP contribution in [-0.2, 0) is 0 Å². The molecule has 0 aliphatic heterocycles. The molecule has 2 aliphatic carbocycles. The zero-order chi connectivity index (χ0) is 15.9. The summed E-state index contributed by atoms with van der Waals surface area (Å²) in [5, 5.41) is 3.55. The second-order valence-corrected chi connectivity index (χ2v) is 12.7. The highest BCUT2D eigenvalue weighted by Gasteiger charge is 2.49. The molecule has 1 heteroatoms. The first-order valence-corrected chi connectivity index (χ1v) is 10.6. The van der Waals surface area contributed by atoms with Crippen molar-refractivity contribution in [2.75, 3.05) is 0 Å². The molecule has 0 heterocycles. The van der Waals surface area contributed by atoms with Crippen molar-refractivity contribution in [2.24, 2.45) is 0 Å². The van der Waals surface area contributed by atoms with Crippen molar-refractivity contribution >= 4 is 8.07 Å². The Labute approximate surface area is 132 Å². The molecule has 2 aliphatic rings. The van der Waals surface area contributed by atoms with Crippen molar-refractivity contribution in [3.05, 3.63) is 44.8 Å². The second kappa shape index (κ2) is 5.76. The van der Waals surface area contributed by atoms with E-state index in [2.05, 4.69) is 67.5 Å². The minimum absolute atomic E-state index is 0.746. The van der Waals surface area contributed by atoms with E-state index in [1.165, 1.54) is 12.8 Å². The molecular weight excluding hydrogens is 268 g/mol. The van der Waals surface area contributed by atoms with E-state index >= 15 is 0 Å². The second-order valence-electron chi connectivity index (χ2n) is 7.67. The molecule has 0 saturated heterocycles. The van der Waals surface area contributed by atoms with Crippen LogP contribution in [0.1, 0.15) is 68.2 Å². The van der Waals surface area contributed by atoms with Crippen LogP contribution in [0, 0.1) is 0 Å². The van der Waals surface area contributed by atoms with Gasteiger partial charge in [-0.1, -0.05) is 72.5 Å². The van der Waals surface area contributed by atoms with Crippen molar-refractivity contribution in [3.63, 3.8) is 0 Å². The lowest BCUT2D eigenvalue weighted by atomic mass is 10.2. The summed E-state index contributed by atoms with van der Waals surface area (Å²) < 4.78 is 0. The van der Waals surface area contributed by atoms with E-state index in [0.717, 1.165) is 11.1 Å². The molecule has 0 nitrogen and oxygen atoms in total. The number of hydrogen-bond acceptors (Lipinski definition) is 0. The van der Waals surface area contributed by atoms with Crippen LogP contribution in [0.15, 0.2) is 44.8 Å². The maximum absolute atomic E-state index is 2.48. The SMILES string of the molecule is CC1=CCC(C)=C1[Si](C1=C(C)CC=C1C)(C(C)C)C(C)C. The van der Waals surface area contributed by atoms with Crippen LogP contribution in [0.3, 0.4) is 0 Å². The molecular formula is C20H32Si. The first-order chi connectivity index (χ1) is 9.74. The Morgan fingerprint density at radius 1 is 0.714 bits per heavy atom. The minimum atomic E-state index is -1.71.